The smallest absolute Gasteiger partial charge is 0.265 e. The van der Waals surface area contributed by atoms with Gasteiger partial charge >= 0.3 is 0 Å². The van der Waals surface area contributed by atoms with Crippen LogP contribution in [-0.2, 0) is 4.79 Å². The monoisotopic (exact) mass is 250 g/mol. The van der Waals surface area contributed by atoms with Crippen LogP contribution in [-0.4, -0.2) is 39.8 Å². The first-order valence-corrected chi connectivity index (χ1v) is 5.78. The van der Waals surface area contributed by atoms with Gasteiger partial charge in [-0.05, 0) is 27.2 Å². The van der Waals surface area contributed by atoms with Crippen molar-refractivity contribution in [1.29, 1.82) is 0 Å². The number of nitrogens with one attached hydrogen (secondary N) is 1. The summed E-state index contributed by atoms with van der Waals surface area (Å²) in [5.74, 6) is -0.244. The van der Waals surface area contributed by atoms with Gasteiger partial charge in [0.2, 0.25) is 0 Å². The van der Waals surface area contributed by atoms with Gasteiger partial charge in [-0.15, -0.1) is 0 Å². The Hall–Kier alpha value is -1.82. The number of rotatable bonds is 5. The molecule has 0 fully saturated rings. The number of nitrogens with zero attached hydrogens (tertiary/aromatic N) is 3. The number of amides is 1. The number of hydrogen-bond acceptors (Lipinski definition) is 5. The summed E-state index contributed by atoms with van der Waals surface area (Å²) < 4.78 is 0. The Kier molecular flexibility index (Phi) is 5.38. The first-order chi connectivity index (χ1) is 8.56. The number of aryl methyl sites for hydroxylation is 2. The van der Waals surface area contributed by atoms with Crippen molar-refractivity contribution in [1.82, 2.24) is 15.3 Å². The van der Waals surface area contributed by atoms with Gasteiger partial charge in [-0.25, -0.2) is 15.0 Å². The Morgan fingerprint density at radius 3 is 2.56 bits per heavy atom. The predicted octanol–water partition coefficient (Wildman–Crippen LogP) is 0.684. The van der Waals surface area contributed by atoms with Crippen LogP contribution in [0.15, 0.2) is 11.3 Å². The number of aliphatic hydroxyl groups excluding tert-OH is 1. The lowest BCUT2D eigenvalue weighted by atomic mass is 10.3. The molecule has 1 heterocycles. The molecule has 6 heteroatoms. The van der Waals surface area contributed by atoms with Gasteiger partial charge in [0, 0.05) is 13.2 Å². The van der Waals surface area contributed by atoms with Crippen LogP contribution in [0.25, 0.3) is 0 Å². The van der Waals surface area contributed by atoms with Gasteiger partial charge in [-0.2, -0.15) is 0 Å². The van der Waals surface area contributed by atoms with E-state index in [0.29, 0.717) is 24.4 Å². The molecular weight excluding hydrogens is 232 g/mol. The Morgan fingerprint density at radius 2 is 2.00 bits per heavy atom. The molecule has 0 spiro atoms. The molecule has 2 N–H and O–H groups in total. The van der Waals surface area contributed by atoms with Crippen LogP contribution in [0.1, 0.15) is 24.7 Å². The van der Waals surface area contributed by atoms with E-state index in [1.54, 1.807) is 6.92 Å². The molecule has 1 aromatic rings. The highest BCUT2D eigenvalue weighted by Gasteiger charge is 2.08. The first-order valence-electron chi connectivity index (χ1n) is 5.78. The highest BCUT2D eigenvalue weighted by molar-refractivity contribution is 6.38. The van der Waals surface area contributed by atoms with Gasteiger partial charge < -0.3 is 10.4 Å². The van der Waals surface area contributed by atoms with Gasteiger partial charge in [0.15, 0.2) is 0 Å². The van der Waals surface area contributed by atoms with Crippen molar-refractivity contribution in [2.24, 2.45) is 4.99 Å². The molecule has 18 heavy (non-hydrogen) atoms. The maximum atomic E-state index is 11.7. The third-order valence-corrected chi connectivity index (χ3v) is 2.42. The van der Waals surface area contributed by atoms with E-state index in [-0.39, 0.29) is 12.5 Å². The molecule has 0 aromatic carbocycles. The van der Waals surface area contributed by atoms with Crippen LogP contribution in [0.4, 0.5) is 5.69 Å². The van der Waals surface area contributed by atoms with E-state index in [9.17, 15) is 4.79 Å². The zero-order valence-corrected chi connectivity index (χ0v) is 10.9. The summed E-state index contributed by atoms with van der Waals surface area (Å²) in [5, 5.41) is 11.3. The highest BCUT2D eigenvalue weighted by Crippen LogP contribution is 2.19. The van der Waals surface area contributed by atoms with E-state index in [1.807, 2.05) is 13.8 Å². The number of carbonyl (C=O) groups is 1. The van der Waals surface area contributed by atoms with Gasteiger partial charge in [0.25, 0.3) is 5.91 Å². The van der Waals surface area contributed by atoms with Crippen molar-refractivity contribution in [2.45, 2.75) is 27.2 Å². The van der Waals surface area contributed by atoms with Gasteiger partial charge in [-0.1, -0.05) is 0 Å². The van der Waals surface area contributed by atoms with E-state index < -0.39 is 0 Å². The summed E-state index contributed by atoms with van der Waals surface area (Å²) in [6.07, 6.45) is 2.01. The van der Waals surface area contributed by atoms with Crippen LogP contribution in [0.3, 0.4) is 0 Å². The molecule has 0 bridgehead atoms. The number of aliphatic hydroxyl groups is 1. The molecule has 0 aliphatic rings. The molecule has 0 atom stereocenters. The molecule has 1 amide bonds. The molecular formula is C12H18N4O2. The van der Waals surface area contributed by atoms with Crippen molar-refractivity contribution in [3.63, 3.8) is 0 Å². The molecule has 0 radical (unpaired) electrons. The Morgan fingerprint density at radius 1 is 1.39 bits per heavy atom. The van der Waals surface area contributed by atoms with Gasteiger partial charge in [-0.3, -0.25) is 4.79 Å². The summed E-state index contributed by atoms with van der Waals surface area (Å²) >= 11 is 0. The van der Waals surface area contributed by atoms with E-state index >= 15 is 0 Å². The Bertz CT molecular complexity index is 437. The topological polar surface area (TPSA) is 87.5 Å². The van der Waals surface area contributed by atoms with Crippen LogP contribution < -0.4 is 5.32 Å². The molecule has 0 saturated heterocycles. The minimum absolute atomic E-state index is 0.0568. The summed E-state index contributed by atoms with van der Waals surface area (Å²) in [7, 11) is 0. The van der Waals surface area contributed by atoms with Crippen molar-refractivity contribution in [2.75, 3.05) is 13.2 Å². The summed E-state index contributed by atoms with van der Waals surface area (Å²) in [5.41, 5.74) is 2.47. The number of aliphatic imine (C=N–C) groups is 1. The zero-order valence-electron chi connectivity index (χ0n) is 10.9. The molecule has 0 unspecified atom stereocenters. The first kappa shape index (κ1) is 14.2. The Labute approximate surface area is 106 Å². The number of aromatic nitrogens is 2. The van der Waals surface area contributed by atoms with Crippen molar-refractivity contribution >= 4 is 17.3 Å². The normalized spacial score (nSPS) is 11.4. The lowest BCUT2D eigenvalue weighted by molar-refractivity contribution is -0.114. The second-order valence-electron chi connectivity index (χ2n) is 3.92. The third-order valence-electron chi connectivity index (χ3n) is 2.42. The van der Waals surface area contributed by atoms with Crippen molar-refractivity contribution in [3.8, 4) is 0 Å². The third kappa shape index (κ3) is 3.89. The fraction of sp³-hybridized carbons (Fsp3) is 0.500. The van der Waals surface area contributed by atoms with Crippen LogP contribution in [0, 0.1) is 13.8 Å². The van der Waals surface area contributed by atoms with E-state index in [0.717, 1.165) is 11.4 Å². The molecule has 98 valence electrons. The largest absolute Gasteiger partial charge is 0.396 e. The van der Waals surface area contributed by atoms with E-state index in [1.165, 1.54) is 6.33 Å². The number of carbonyl (C=O) groups excluding carboxylic acids is 1. The van der Waals surface area contributed by atoms with E-state index in [2.05, 4.69) is 20.3 Å². The lowest BCUT2D eigenvalue weighted by Gasteiger charge is -2.06. The quantitative estimate of drug-likeness (QED) is 0.594. The SMILES string of the molecule is CC(=Nc1c(C)ncnc1C)C(=O)NCCCO. The minimum atomic E-state index is -0.244. The number of hydrogen-bond donors (Lipinski definition) is 2. The highest BCUT2D eigenvalue weighted by atomic mass is 16.3. The standard InChI is InChI=1S/C12H18N4O2/c1-8-11(9(2)15-7-14-8)16-10(3)12(18)13-5-4-6-17/h7,17H,4-6H2,1-3H3,(H,13,18). The molecule has 1 rings (SSSR count). The van der Waals surface area contributed by atoms with Crippen molar-refractivity contribution in [3.05, 3.63) is 17.7 Å². The molecule has 6 nitrogen and oxygen atoms in total. The average molecular weight is 250 g/mol. The average Bonchev–Trinajstić information content (AvgIpc) is 2.34. The van der Waals surface area contributed by atoms with E-state index in [4.69, 9.17) is 5.11 Å². The second kappa shape index (κ2) is 6.80. The Balaban J connectivity index is 2.79. The summed E-state index contributed by atoms with van der Waals surface area (Å²) in [6, 6.07) is 0. The minimum Gasteiger partial charge on any atom is -0.396 e. The fourth-order valence-corrected chi connectivity index (χ4v) is 1.38. The van der Waals surface area contributed by atoms with Crippen LogP contribution >= 0.6 is 0 Å². The summed E-state index contributed by atoms with van der Waals surface area (Å²) in [4.78, 5) is 24.0. The fourth-order valence-electron chi connectivity index (χ4n) is 1.38. The van der Waals surface area contributed by atoms with Gasteiger partial charge in [0.05, 0.1) is 11.4 Å². The predicted molar refractivity (Wildman–Crippen MR) is 69.0 cm³/mol. The van der Waals surface area contributed by atoms with Crippen molar-refractivity contribution < 1.29 is 9.90 Å². The molecule has 1 aromatic heterocycles. The zero-order chi connectivity index (χ0) is 13.5. The molecule has 0 aliphatic carbocycles. The summed E-state index contributed by atoms with van der Waals surface area (Å²) in [6.45, 7) is 5.78. The van der Waals surface area contributed by atoms with Gasteiger partial charge in [0.1, 0.15) is 17.7 Å². The maximum absolute atomic E-state index is 11.7. The second-order valence-corrected chi connectivity index (χ2v) is 3.92. The lowest BCUT2D eigenvalue weighted by Crippen LogP contribution is -2.30. The molecule has 0 saturated carbocycles. The molecule has 0 aliphatic heterocycles. The van der Waals surface area contributed by atoms with Crippen LogP contribution in [0.2, 0.25) is 0 Å². The maximum Gasteiger partial charge on any atom is 0.265 e. The van der Waals surface area contributed by atoms with Crippen LogP contribution in [0.5, 0.6) is 0 Å².